The molecule has 2 nitrogen and oxygen atoms in total. The second-order valence-electron chi connectivity index (χ2n) is 4.96. The van der Waals surface area contributed by atoms with Crippen molar-refractivity contribution in [2.75, 3.05) is 13.1 Å². The predicted octanol–water partition coefficient (Wildman–Crippen LogP) is 3.19. The summed E-state index contributed by atoms with van der Waals surface area (Å²) in [6.07, 6.45) is 4.26. The molecular weight excluding hydrogens is 210 g/mol. The molecule has 0 aliphatic carbocycles. The van der Waals surface area contributed by atoms with Crippen molar-refractivity contribution < 1.29 is 4.79 Å². The van der Waals surface area contributed by atoms with Gasteiger partial charge in [0.1, 0.15) is 0 Å². The van der Waals surface area contributed by atoms with Crippen LogP contribution < -0.4 is 0 Å². The third-order valence-corrected chi connectivity index (χ3v) is 3.56. The lowest BCUT2D eigenvalue weighted by molar-refractivity contribution is -0.132. The van der Waals surface area contributed by atoms with Gasteiger partial charge in [-0.3, -0.25) is 4.79 Å². The molecule has 1 amide bonds. The highest BCUT2D eigenvalue weighted by Gasteiger charge is 2.19. The first-order valence-corrected chi connectivity index (χ1v) is 6.60. The molecule has 1 unspecified atom stereocenters. The van der Waals surface area contributed by atoms with E-state index in [9.17, 15) is 4.79 Å². The van der Waals surface area contributed by atoms with E-state index >= 15 is 0 Å². The number of benzene rings is 1. The fraction of sp³-hybridized carbons (Fsp3) is 0.533. The van der Waals surface area contributed by atoms with Crippen LogP contribution in [0.2, 0.25) is 0 Å². The van der Waals surface area contributed by atoms with E-state index in [0.29, 0.717) is 18.2 Å². The molecule has 0 radical (unpaired) electrons. The highest BCUT2D eigenvalue weighted by atomic mass is 16.2. The SMILES string of the molecule is CC(CC(=O)N1CCCCC1)c1ccccc1. The van der Waals surface area contributed by atoms with Crippen LogP contribution in [0.25, 0.3) is 0 Å². The van der Waals surface area contributed by atoms with Crippen LogP contribution in [-0.2, 0) is 4.79 Å². The summed E-state index contributed by atoms with van der Waals surface area (Å²) in [5.41, 5.74) is 1.26. The van der Waals surface area contributed by atoms with Crippen LogP contribution in [0.3, 0.4) is 0 Å². The van der Waals surface area contributed by atoms with Crippen LogP contribution in [0, 0.1) is 0 Å². The number of nitrogens with zero attached hydrogens (tertiary/aromatic N) is 1. The Labute approximate surface area is 104 Å². The monoisotopic (exact) mass is 231 g/mol. The maximum atomic E-state index is 12.1. The Morgan fingerprint density at radius 1 is 1.18 bits per heavy atom. The molecule has 0 bridgehead atoms. The van der Waals surface area contributed by atoms with Crippen LogP contribution in [0.5, 0.6) is 0 Å². The van der Waals surface area contributed by atoms with E-state index in [0.717, 1.165) is 13.1 Å². The Hall–Kier alpha value is -1.31. The molecular formula is C15H21NO. The molecule has 1 aliphatic rings. The van der Waals surface area contributed by atoms with Crippen LogP contribution >= 0.6 is 0 Å². The standard InChI is InChI=1S/C15H21NO/c1-13(14-8-4-2-5-9-14)12-15(17)16-10-6-3-7-11-16/h2,4-5,8-9,13H,3,6-7,10-12H2,1H3. The number of likely N-dealkylation sites (tertiary alicyclic amines) is 1. The largest absolute Gasteiger partial charge is 0.343 e. The van der Waals surface area contributed by atoms with Gasteiger partial charge in [0.2, 0.25) is 5.91 Å². The molecule has 1 fully saturated rings. The molecule has 1 aromatic rings. The van der Waals surface area contributed by atoms with Gasteiger partial charge in [0, 0.05) is 19.5 Å². The number of hydrogen-bond acceptors (Lipinski definition) is 1. The zero-order chi connectivity index (χ0) is 12.1. The van der Waals surface area contributed by atoms with E-state index in [1.54, 1.807) is 0 Å². The average Bonchev–Trinajstić information content (AvgIpc) is 2.40. The Balaban J connectivity index is 1.89. The Kier molecular flexibility index (Phi) is 4.18. The summed E-state index contributed by atoms with van der Waals surface area (Å²) < 4.78 is 0. The van der Waals surface area contributed by atoms with Gasteiger partial charge in [0.25, 0.3) is 0 Å². The number of hydrogen-bond donors (Lipinski definition) is 0. The molecule has 17 heavy (non-hydrogen) atoms. The Morgan fingerprint density at radius 2 is 1.82 bits per heavy atom. The maximum absolute atomic E-state index is 12.1. The molecule has 1 heterocycles. The summed E-state index contributed by atoms with van der Waals surface area (Å²) in [6.45, 7) is 4.05. The first-order valence-electron chi connectivity index (χ1n) is 6.60. The molecule has 2 heteroatoms. The van der Waals surface area contributed by atoms with Gasteiger partial charge in [0.05, 0.1) is 0 Å². The van der Waals surface area contributed by atoms with Crippen LogP contribution in [0.15, 0.2) is 30.3 Å². The second kappa shape index (κ2) is 5.85. The lowest BCUT2D eigenvalue weighted by Gasteiger charge is -2.27. The number of rotatable bonds is 3. The second-order valence-corrected chi connectivity index (χ2v) is 4.96. The number of amides is 1. The minimum Gasteiger partial charge on any atom is -0.343 e. The number of carbonyl (C=O) groups is 1. The highest BCUT2D eigenvalue weighted by Crippen LogP contribution is 2.20. The van der Waals surface area contributed by atoms with Crippen molar-refractivity contribution in [1.82, 2.24) is 4.90 Å². The molecule has 2 rings (SSSR count). The minimum atomic E-state index is 0.320. The van der Waals surface area contributed by atoms with Gasteiger partial charge in [-0.05, 0) is 30.7 Å². The molecule has 1 aromatic carbocycles. The lowest BCUT2D eigenvalue weighted by atomic mass is 9.97. The van der Waals surface area contributed by atoms with E-state index in [-0.39, 0.29) is 0 Å². The van der Waals surface area contributed by atoms with Crippen LogP contribution in [-0.4, -0.2) is 23.9 Å². The van der Waals surface area contributed by atoms with E-state index in [1.165, 1.54) is 24.8 Å². The van der Waals surface area contributed by atoms with Crippen molar-refractivity contribution in [3.8, 4) is 0 Å². The molecule has 92 valence electrons. The maximum Gasteiger partial charge on any atom is 0.223 e. The van der Waals surface area contributed by atoms with Crippen molar-refractivity contribution >= 4 is 5.91 Å². The van der Waals surface area contributed by atoms with E-state index in [1.807, 2.05) is 23.1 Å². The summed E-state index contributed by atoms with van der Waals surface area (Å²) in [5.74, 6) is 0.645. The average molecular weight is 231 g/mol. The molecule has 0 N–H and O–H groups in total. The first kappa shape index (κ1) is 12.2. The predicted molar refractivity (Wildman–Crippen MR) is 69.9 cm³/mol. The van der Waals surface area contributed by atoms with Gasteiger partial charge in [-0.15, -0.1) is 0 Å². The molecule has 1 atom stereocenters. The lowest BCUT2D eigenvalue weighted by Crippen LogP contribution is -2.36. The summed E-state index contributed by atoms with van der Waals surface area (Å²) in [6, 6.07) is 10.3. The zero-order valence-corrected chi connectivity index (χ0v) is 10.6. The molecule has 1 saturated heterocycles. The normalized spacial score (nSPS) is 17.8. The molecule has 1 aliphatic heterocycles. The first-order chi connectivity index (χ1) is 8.27. The summed E-state index contributed by atoms with van der Waals surface area (Å²) >= 11 is 0. The fourth-order valence-corrected chi connectivity index (χ4v) is 2.43. The van der Waals surface area contributed by atoms with Gasteiger partial charge in [-0.25, -0.2) is 0 Å². The molecule has 0 spiro atoms. The summed E-state index contributed by atoms with van der Waals surface area (Å²) in [7, 11) is 0. The molecule has 0 saturated carbocycles. The van der Waals surface area contributed by atoms with Gasteiger partial charge in [0.15, 0.2) is 0 Å². The highest BCUT2D eigenvalue weighted by molar-refractivity contribution is 5.77. The van der Waals surface area contributed by atoms with Crippen LogP contribution in [0.1, 0.15) is 44.1 Å². The van der Waals surface area contributed by atoms with Crippen LogP contribution in [0.4, 0.5) is 0 Å². The number of carbonyl (C=O) groups excluding carboxylic acids is 1. The van der Waals surface area contributed by atoms with Crippen molar-refractivity contribution in [2.24, 2.45) is 0 Å². The van der Waals surface area contributed by atoms with Crippen molar-refractivity contribution in [3.05, 3.63) is 35.9 Å². The van der Waals surface area contributed by atoms with Gasteiger partial charge < -0.3 is 4.90 Å². The van der Waals surface area contributed by atoms with E-state index in [2.05, 4.69) is 19.1 Å². The Bertz CT molecular complexity index is 354. The zero-order valence-electron chi connectivity index (χ0n) is 10.6. The third-order valence-electron chi connectivity index (χ3n) is 3.56. The molecule has 0 aromatic heterocycles. The Morgan fingerprint density at radius 3 is 2.47 bits per heavy atom. The number of piperidine rings is 1. The fourth-order valence-electron chi connectivity index (χ4n) is 2.43. The van der Waals surface area contributed by atoms with Crippen molar-refractivity contribution in [3.63, 3.8) is 0 Å². The summed E-state index contributed by atoms with van der Waals surface area (Å²) in [4.78, 5) is 14.1. The van der Waals surface area contributed by atoms with E-state index < -0.39 is 0 Å². The van der Waals surface area contributed by atoms with Crippen molar-refractivity contribution in [1.29, 1.82) is 0 Å². The minimum absolute atomic E-state index is 0.320. The smallest absolute Gasteiger partial charge is 0.223 e. The van der Waals surface area contributed by atoms with Crippen molar-refractivity contribution in [2.45, 2.75) is 38.5 Å². The topological polar surface area (TPSA) is 20.3 Å². The third kappa shape index (κ3) is 3.32. The summed E-state index contributed by atoms with van der Waals surface area (Å²) in [5, 5.41) is 0. The van der Waals surface area contributed by atoms with Gasteiger partial charge >= 0.3 is 0 Å². The van der Waals surface area contributed by atoms with Gasteiger partial charge in [-0.2, -0.15) is 0 Å². The van der Waals surface area contributed by atoms with Gasteiger partial charge in [-0.1, -0.05) is 37.3 Å². The van der Waals surface area contributed by atoms with E-state index in [4.69, 9.17) is 0 Å². The quantitative estimate of drug-likeness (QED) is 0.782.